The fourth-order valence-corrected chi connectivity index (χ4v) is 2.53. The third kappa shape index (κ3) is 3.74. The van der Waals surface area contributed by atoms with Crippen LogP contribution in [0, 0.1) is 5.82 Å². The molecule has 0 bridgehead atoms. The maximum atomic E-state index is 13.2. The van der Waals surface area contributed by atoms with Crippen molar-refractivity contribution in [2.24, 2.45) is 0 Å². The van der Waals surface area contributed by atoms with Crippen LogP contribution in [0.15, 0.2) is 54.6 Å². The van der Waals surface area contributed by atoms with Crippen molar-refractivity contribution in [3.8, 4) is 0 Å². The van der Waals surface area contributed by atoms with Crippen molar-refractivity contribution in [3.05, 3.63) is 71.5 Å². The topological polar surface area (TPSA) is 66.4 Å². The monoisotopic (exact) mass is 315 g/mol. The summed E-state index contributed by atoms with van der Waals surface area (Å²) in [5, 5.41) is 12.3. The van der Waals surface area contributed by atoms with Gasteiger partial charge in [-0.3, -0.25) is 4.79 Å². The molecular formula is C18H18FNO3. The zero-order chi connectivity index (χ0) is 16.9. The summed E-state index contributed by atoms with van der Waals surface area (Å²) in [6, 6.07) is 14.2. The van der Waals surface area contributed by atoms with E-state index in [0.717, 1.165) is 0 Å². The third-order valence-corrected chi connectivity index (χ3v) is 3.77. The lowest BCUT2D eigenvalue weighted by atomic mass is 9.87. The highest BCUT2D eigenvalue weighted by Gasteiger charge is 2.40. The van der Waals surface area contributed by atoms with E-state index in [2.05, 4.69) is 5.32 Å². The quantitative estimate of drug-likeness (QED) is 0.861. The molecule has 2 aromatic carbocycles. The lowest BCUT2D eigenvalue weighted by molar-refractivity contribution is -0.148. The Labute approximate surface area is 134 Å². The molecule has 0 spiro atoms. The van der Waals surface area contributed by atoms with Crippen LogP contribution < -0.4 is 5.32 Å². The maximum Gasteiger partial charge on any atom is 0.334 e. The van der Waals surface area contributed by atoms with Gasteiger partial charge >= 0.3 is 5.97 Å². The number of nitrogens with one attached hydrogen (secondary N) is 1. The summed E-state index contributed by atoms with van der Waals surface area (Å²) < 4.78 is 13.2. The van der Waals surface area contributed by atoms with E-state index < -0.39 is 23.2 Å². The SMILES string of the molecule is CCC(NC(=O)Cc1cccc(F)c1)(C(=O)O)c1ccccc1. The normalized spacial score (nSPS) is 13.1. The van der Waals surface area contributed by atoms with Crippen LogP contribution in [0.4, 0.5) is 4.39 Å². The molecule has 0 aliphatic rings. The number of carboxylic acids is 1. The minimum absolute atomic E-state index is 0.0837. The Morgan fingerprint density at radius 1 is 1.13 bits per heavy atom. The van der Waals surface area contributed by atoms with E-state index in [1.165, 1.54) is 18.2 Å². The third-order valence-electron chi connectivity index (χ3n) is 3.77. The zero-order valence-corrected chi connectivity index (χ0v) is 12.8. The largest absolute Gasteiger partial charge is 0.479 e. The maximum absolute atomic E-state index is 13.2. The molecule has 2 aromatic rings. The summed E-state index contributed by atoms with van der Waals surface area (Å²) >= 11 is 0. The first-order valence-corrected chi connectivity index (χ1v) is 7.32. The van der Waals surface area contributed by atoms with E-state index in [1.54, 1.807) is 43.3 Å². The van der Waals surface area contributed by atoms with E-state index >= 15 is 0 Å². The number of rotatable bonds is 6. The van der Waals surface area contributed by atoms with Crippen molar-refractivity contribution in [1.82, 2.24) is 5.32 Å². The van der Waals surface area contributed by atoms with E-state index in [4.69, 9.17) is 0 Å². The highest BCUT2D eigenvalue weighted by Crippen LogP contribution is 2.25. The number of amides is 1. The average molecular weight is 315 g/mol. The highest BCUT2D eigenvalue weighted by molar-refractivity contribution is 5.89. The van der Waals surface area contributed by atoms with Crippen LogP contribution in [-0.2, 0) is 21.5 Å². The van der Waals surface area contributed by atoms with Gasteiger partial charge in [-0.05, 0) is 29.7 Å². The van der Waals surface area contributed by atoms with Gasteiger partial charge in [0.05, 0.1) is 6.42 Å². The minimum atomic E-state index is -1.49. The molecule has 0 fully saturated rings. The molecule has 2 rings (SSSR count). The predicted octanol–water partition coefficient (Wildman–Crippen LogP) is 2.87. The van der Waals surface area contributed by atoms with E-state index in [1.807, 2.05) is 0 Å². The number of carboxylic acid groups (broad SMARTS) is 1. The van der Waals surface area contributed by atoms with E-state index in [0.29, 0.717) is 11.1 Å². The van der Waals surface area contributed by atoms with Crippen LogP contribution in [0.2, 0.25) is 0 Å². The Hall–Kier alpha value is -2.69. The highest BCUT2D eigenvalue weighted by atomic mass is 19.1. The summed E-state index contributed by atoms with van der Waals surface area (Å²) in [5.74, 6) is -2.03. The second-order valence-corrected chi connectivity index (χ2v) is 5.28. The van der Waals surface area contributed by atoms with Crippen molar-refractivity contribution in [2.45, 2.75) is 25.3 Å². The van der Waals surface area contributed by atoms with Crippen molar-refractivity contribution >= 4 is 11.9 Å². The molecule has 0 aliphatic heterocycles. The van der Waals surface area contributed by atoms with Crippen molar-refractivity contribution in [2.75, 3.05) is 0 Å². The van der Waals surface area contributed by atoms with Gasteiger partial charge in [-0.2, -0.15) is 0 Å². The Bertz CT molecular complexity index is 702. The van der Waals surface area contributed by atoms with Gasteiger partial charge in [-0.15, -0.1) is 0 Å². The number of hydrogen-bond acceptors (Lipinski definition) is 2. The molecule has 0 heterocycles. The molecule has 120 valence electrons. The second-order valence-electron chi connectivity index (χ2n) is 5.28. The average Bonchev–Trinajstić information content (AvgIpc) is 2.53. The molecule has 2 N–H and O–H groups in total. The van der Waals surface area contributed by atoms with Gasteiger partial charge < -0.3 is 10.4 Å². The molecule has 0 saturated carbocycles. The standard InChI is InChI=1S/C18H18FNO3/c1-2-18(17(22)23,14-8-4-3-5-9-14)20-16(21)12-13-7-6-10-15(19)11-13/h3-11H,2,12H2,1H3,(H,20,21)(H,22,23). The number of carbonyl (C=O) groups is 2. The van der Waals surface area contributed by atoms with Gasteiger partial charge in [0.2, 0.25) is 5.91 Å². The molecule has 1 unspecified atom stereocenters. The predicted molar refractivity (Wildman–Crippen MR) is 84.3 cm³/mol. The lowest BCUT2D eigenvalue weighted by Crippen LogP contribution is -2.52. The summed E-state index contributed by atoms with van der Waals surface area (Å²) in [7, 11) is 0. The van der Waals surface area contributed by atoms with E-state index in [9.17, 15) is 19.1 Å². The first-order chi connectivity index (χ1) is 11.0. The summed E-state index contributed by atoms with van der Waals surface area (Å²) in [4.78, 5) is 24.1. The van der Waals surface area contributed by atoms with Crippen LogP contribution in [0.1, 0.15) is 24.5 Å². The van der Waals surface area contributed by atoms with Crippen LogP contribution in [0.3, 0.4) is 0 Å². The molecule has 5 heteroatoms. The Morgan fingerprint density at radius 3 is 2.39 bits per heavy atom. The molecule has 0 aromatic heterocycles. The number of hydrogen-bond donors (Lipinski definition) is 2. The van der Waals surface area contributed by atoms with Crippen LogP contribution >= 0.6 is 0 Å². The Balaban J connectivity index is 2.25. The van der Waals surface area contributed by atoms with Gasteiger partial charge in [0.1, 0.15) is 5.82 Å². The Kier molecular flexibility index (Phi) is 5.11. The molecule has 1 atom stereocenters. The van der Waals surface area contributed by atoms with Crippen LogP contribution in [0.25, 0.3) is 0 Å². The molecular weight excluding hydrogens is 297 g/mol. The summed E-state index contributed by atoms with van der Waals surface area (Å²) in [6.45, 7) is 1.70. The summed E-state index contributed by atoms with van der Waals surface area (Å²) in [5.41, 5.74) is -0.500. The van der Waals surface area contributed by atoms with Crippen molar-refractivity contribution in [1.29, 1.82) is 0 Å². The molecule has 1 amide bonds. The molecule has 0 aliphatic carbocycles. The van der Waals surface area contributed by atoms with Gasteiger partial charge in [0.25, 0.3) is 0 Å². The number of carbonyl (C=O) groups excluding carboxylic acids is 1. The smallest absolute Gasteiger partial charge is 0.334 e. The lowest BCUT2D eigenvalue weighted by Gasteiger charge is -2.30. The van der Waals surface area contributed by atoms with Gasteiger partial charge in [0.15, 0.2) is 5.54 Å². The van der Waals surface area contributed by atoms with Crippen molar-refractivity contribution < 1.29 is 19.1 Å². The first kappa shape index (κ1) is 16.7. The molecule has 23 heavy (non-hydrogen) atoms. The van der Waals surface area contributed by atoms with Gasteiger partial charge in [-0.25, -0.2) is 9.18 Å². The molecule has 4 nitrogen and oxygen atoms in total. The molecule has 0 saturated heterocycles. The minimum Gasteiger partial charge on any atom is -0.479 e. The van der Waals surface area contributed by atoms with E-state index in [-0.39, 0.29) is 12.8 Å². The first-order valence-electron chi connectivity index (χ1n) is 7.32. The van der Waals surface area contributed by atoms with Crippen LogP contribution in [0.5, 0.6) is 0 Å². The fraction of sp³-hybridized carbons (Fsp3) is 0.222. The number of benzene rings is 2. The van der Waals surface area contributed by atoms with Gasteiger partial charge in [-0.1, -0.05) is 49.4 Å². The second kappa shape index (κ2) is 7.05. The zero-order valence-electron chi connectivity index (χ0n) is 12.8. The number of aliphatic carboxylic acids is 1. The molecule has 0 radical (unpaired) electrons. The van der Waals surface area contributed by atoms with Crippen LogP contribution in [-0.4, -0.2) is 17.0 Å². The fourth-order valence-electron chi connectivity index (χ4n) is 2.53. The summed E-state index contributed by atoms with van der Waals surface area (Å²) in [6.07, 6.45) is 0.112. The van der Waals surface area contributed by atoms with Crippen molar-refractivity contribution in [3.63, 3.8) is 0 Å². The number of halogens is 1. The van der Waals surface area contributed by atoms with Gasteiger partial charge in [0, 0.05) is 0 Å². The Morgan fingerprint density at radius 2 is 1.83 bits per heavy atom.